The van der Waals surface area contributed by atoms with E-state index in [1.54, 1.807) is 6.92 Å². The summed E-state index contributed by atoms with van der Waals surface area (Å²) in [4.78, 5) is 5.25. The molecule has 1 aromatic rings. The molecular formula is C14H21NO2. The van der Waals surface area contributed by atoms with Crippen molar-refractivity contribution >= 4 is 5.90 Å². The molecule has 0 saturated heterocycles. The summed E-state index contributed by atoms with van der Waals surface area (Å²) < 4.78 is 5.17. The highest BCUT2D eigenvalue weighted by Crippen LogP contribution is 2.24. The van der Waals surface area contributed by atoms with Crippen LogP contribution in [0.15, 0.2) is 29.4 Å². The lowest BCUT2D eigenvalue weighted by molar-refractivity contribution is 0.276. The van der Waals surface area contributed by atoms with Gasteiger partial charge >= 0.3 is 0 Å². The average Bonchev–Trinajstić information content (AvgIpc) is 2.26. The standard InChI is InChI=1S/C14H21NO2/c1-6-16-11(2)15-17-13-9-7-12(8-10-13)14(3,4)5/h7-10H,6H2,1-5H3/b15-11+. The Labute approximate surface area is 103 Å². The molecule has 0 N–H and O–H groups in total. The van der Waals surface area contributed by atoms with E-state index >= 15 is 0 Å². The second kappa shape index (κ2) is 5.71. The first kappa shape index (κ1) is 13.6. The molecule has 0 saturated carbocycles. The van der Waals surface area contributed by atoms with Crippen LogP contribution < -0.4 is 4.84 Å². The predicted octanol–water partition coefficient (Wildman–Crippen LogP) is 3.73. The first-order valence-corrected chi connectivity index (χ1v) is 5.88. The monoisotopic (exact) mass is 235 g/mol. The molecular weight excluding hydrogens is 214 g/mol. The fraction of sp³-hybridized carbons (Fsp3) is 0.500. The molecule has 0 heterocycles. The Balaban J connectivity index is 2.66. The zero-order valence-corrected chi connectivity index (χ0v) is 11.3. The van der Waals surface area contributed by atoms with E-state index in [2.05, 4.69) is 38.1 Å². The van der Waals surface area contributed by atoms with Gasteiger partial charge in [0.1, 0.15) is 0 Å². The van der Waals surface area contributed by atoms with E-state index in [9.17, 15) is 0 Å². The smallest absolute Gasteiger partial charge is 0.223 e. The fourth-order valence-electron chi connectivity index (χ4n) is 1.37. The van der Waals surface area contributed by atoms with E-state index in [0.717, 1.165) is 5.75 Å². The molecule has 0 aromatic heterocycles. The first-order chi connectivity index (χ1) is 7.93. The van der Waals surface area contributed by atoms with Crippen LogP contribution in [-0.4, -0.2) is 12.5 Å². The van der Waals surface area contributed by atoms with Crippen molar-refractivity contribution in [1.82, 2.24) is 0 Å². The molecule has 17 heavy (non-hydrogen) atoms. The fourth-order valence-corrected chi connectivity index (χ4v) is 1.37. The molecule has 0 aliphatic heterocycles. The van der Waals surface area contributed by atoms with Gasteiger partial charge in [-0.1, -0.05) is 32.9 Å². The minimum Gasteiger partial charge on any atom is -0.479 e. The maximum absolute atomic E-state index is 5.25. The molecule has 0 atom stereocenters. The SMILES string of the molecule is CCO/C(C)=N/Oc1ccc(C(C)(C)C)cc1. The van der Waals surface area contributed by atoms with E-state index in [-0.39, 0.29) is 5.41 Å². The maximum atomic E-state index is 5.25. The van der Waals surface area contributed by atoms with Crippen LogP contribution in [0, 0.1) is 0 Å². The number of ether oxygens (including phenoxy) is 1. The van der Waals surface area contributed by atoms with Gasteiger partial charge in [-0.15, -0.1) is 0 Å². The van der Waals surface area contributed by atoms with Crippen molar-refractivity contribution in [2.45, 2.75) is 40.0 Å². The topological polar surface area (TPSA) is 30.8 Å². The van der Waals surface area contributed by atoms with Gasteiger partial charge in [-0.25, -0.2) is 0 Å². The predicted molar refractivity (Wildman–Crippen MR) is 70.5 cm³/mol. The Morgan fingerprint density at radius 1 is 1.18 bits per heavy atom. The number of hydrogen-bond acceptors (Lipinski definition) is 3. The number of benzene rings is 1. The Bertz CT molecular complexity index is 374. The zero-order chi connectivity index (χ0) is 12.9. The molecule has 0 unspecified atom stereocenters. The number of oxime groups is 1. The van der Waals surface area contributed by atoms with Gasteiger partial charge in [0.25, 0.3) is 0 Å². The van der Waals surface area contributed by atoms with Crippen molar-refractivity contribution in [3.63, 3.8) is 0 Å². The van der Waals surface area contributed by atoms with Crippen LogP contribution in [0.1, 0.15) is 40.2 Å². The van der Waals surface area contributed by atoms with Crippen molar-refractivity contribution in [1.29, 1.82) is 0 Å². The van der Waals surface area contributed by atoms with Crippen LogP contribution in [0.3, 0.4) is 0 Å². The third-order valence-corrected chi connectivity index (χ3v) is 2.35. The van der Waals surface area contributed by atoms with Gasteiger partial charge in [0, 0.05) is 6.92 Å². The van der Waals surface area contributed by atoms with Gasteiger partial charge in [-0.3, -0.25) is 0 Å². The highest BCUT2D eigenvalue weighted by atomic mass is 16.6. The molecule has 0 aliphatic rings. The van der Waals surface area contributed by atoms with Gasteiger partial charge in [0.05, 0.1) is 6.61 Å². The molecule has 0 aliphatic carbocycles. The summed E-state index contributed by atoms with van der Waals surface area (Å²) in [6.07, 6.45) is 0. The van der Waals surface area contributed by atoms with E-state index in [0.29, 0.717) is 12.5 Å². The molecule has 1 aromatic carbocycles. The first-order valence-electron chi connectivity index (χ1n) is 5.88. The highest BCUT2D eigenvalue weighted by molar-refractivity contribution is 5.72. The second-order valence-corrected chi connectivity index (χ2v) is 4.91. The van der Waals surface area contributed by atoms with Crippen LogP contribution >= 0.6 is 0 Å². The lowest BCUT2D eigenvalue weighted by Crippen LogP contribution is -2.10. The molecule has 1 rings (SSSR count). The van der Waals surface area contributed by atoms with Crippen LogP contribution in [0.2, 0.25) is 0 Å². The van der Waals surface area contributed by atoms with Crippen molar-refractivity contribution in [3.05, 3.63) is 29.8 Å². The highest BCUT2D eigenvalue weighted by Gasteiger charge is 2.12. The summed E-state index contributed by atoms with van der Waals surface area (Å²) in [6.45, 7) is 10.8. The molecule has 0 fully saturated rings. The number of nitrogens with zero attached hydrogens (tertiary/aromatic N) is 1. The minimum absolute atomic E-state index is 0.156. The van der Waals surface area contributed by atoms with Crippen molar-refractivity contribution in [3.8, 4) is 5.75 Å². The zero-order valence-electron chi connectivity index (χ0n) is 11.3. The van der Waals surface area contributed by atoms with Crippen LogP contribution in [0.4, 0.5) is 0 Å². The summed E-state index contributed by atoms with van der Waals surface area (Å²) in [5.41, 5.74) is 1.43. The summed E-state index contributed by atoms with van der Waals surface area (Å²) >= 11 is 0. The van der Waals surface area contributed by atoms with E-state index < -0.39 is 0 Å². The normalized spacial score (nSPS) is 12.4. The van der Waals surface area contributed by atoms with Crippen LogP contribution in [-0.2, 0) is 10.2 Å². The molecule has 0 amide bonds. The second-order valence-electron chi connectivity index (χ2n) is 4.91. The van der Waals surface area contributed by atoms with E-state index in [4.69, 9.17) is 9.57 Å². The Morgan fingerprint density at radius 2 is 1.76 bits per heavy atom. The van der Waals surface area contributed by atoms with Crippen molar-refractivity contribution < 1.29 is 9.57 Å². The van der Waals surface area contributed by atoms with Crippen LogP contribution in [0.5, 0.6) is 5.75 Å². The average molecular weight is 235 g/mol. The van der Waals surface area contributed by atoms with E-state index in [1.165, 1.54) is 5.56 Å². The Kier molecular flexibility index (Phi) is 4.55. The molecule has 94 valence electrons. The van der Waals surface area contributed by atoms with Gasteiger partial charge in [0.15, 0.2) is 5.75 Å². The van der Waals surface area contributed by atoms with Gasteiger partial charge in [-0.05, 0) is 35.2 Å². The number of rotatable bonds is 3. The lowest BCUT2D eigenvalue weighted by atomic mass is 9.87. The summed E-state index contributed by atoms with van der Waals surface area (Å²) in [7, 11) is 0. The summed E-state index contributed by atoms with van der Waals surface area (Å²) in [5.74, 6) is 1.25. The van der Waals surface area contributed by atoms with Crippen LogP contribution in [0.25, 0.3) is 0 Å². The van der Waals surface area contributed by atoms with Crippen molar-refractivity contribution in [2.75, 3.05) is 6.61 Å². The van der Waals surface area contributed by atoms with Gasteiger partial charge < -0.3 is 9.57 Å². The summed E-state index contributed by atoms with van der Waals surface area (Å²) in [6, 6.07) is 7.95. The Hall–Kier alpha value is -1.51. The molecule has 3 nitrogen and oxygen atoms in total. The largest absolute Gasteiger partial charge is 0.479 e. The maximum Gasteiger partial charge on any atom is 0.223 e. The molecule has 0 spiro atoms. The lowest BCUT2D eigenvalue weighted by Gasteiger charge is -2.18. The third kappa shape index (κ3) is 4.47. The minimum atomic E-state index is 0.156. The molecule has 0 radical (unpaired) electrons. The molecule has 0 bridgehead atoms. The quantitative estimate of drug-likeness (QED) is 0.454. The van der Waals surface area contributed by atoms with Gasteiger partial charge in [0.2, 0.25) is 5.90 Å². The molecule has 3 heteroatoms. The van der Waals surface area contributed by atoms with Gasteiger partial charge in [-0.2, -0.15) is 0 Å². The third-order valence-electron chi connectivity index (χ3n) is 2.35. The van der Waals surface area contributed by atoms with E-state index in [1.807, 2.05) is 19.1 Å². The summed E-state index contributed by atoms with van der Waals surface area (Å²) in [5, 5.41) is 3.87. The number of hydrogen-bond donors (Lipinski definition) is 0. The Morgan fingerprint density at radius 3 is 2.24 bits per heavy atom. The van der Waals surface area contributed by atoms with Crippen molar-refractivity contribution in [2.24, 2.45) is 5.16 Å².